The number of ether oxygens (including phenoxy) is 1. The number of pyridine rings is 1. The molecular weight excluding hydrogens is 338 g/mol. The molecule has 0 atom stereocenters. The van der Waals surface area contributed by atoms with Gasteiger partial charge in [0, 0.05) is 36.6 Å². The van der Waals surface area contributed by atoms with Crippen molar-refractivity contribution in [3.05, 3.63) is 52.4 Å². The number of carbonyl (C=O) groups excluding carboxylic acids is 2. The number of methoxy groups -OCH3 is 1. The number of imide groups is 1. The smallest absolute Gasteiger partial charge is 0.293 e. The Kier molecular flexibility index (Phi) is 5.06. The van der Waals surface area contributed by atoms with Gasteiger partial charge >= 0.3 is 0 Å². The van der Waals surface area contributed by atoms with Crippen LogP contribution in [0, 0.1) is 13.8 Å². The summed E-state index contributed by atoms with van der Waals surface area (Å²) in [6, 6.07) is 5.88. The fourth-order valence-corrected chi connectivity index (χ4v) is 3.70. The molecular formula is C18H19N3O3S. The van der Waals surface area contributed by atoms with Crippen molar-refractivity contribution in [2.75, 3.05) is 20.3 Å². The Hall–Kier alpha value is -2.38. The number of hydrogen-bond acceptors (Lipinski definition) is 5. The Balaban J connectivity index is 1.93. The van der Waals surface area contributed by atoms with E-state index in [1.54, 1.807) is 25.6 Å². The average molecular weight is 357 g/mol. The second-order valence-corrected chi connectivity index (χ2v) is 6.69. The number of carbonyl (C=O) groups is 2. The van der Waals surface area contributed by atoms with E-state index in [9.17, 15) is 9.59 Å². The monoisotopic (exact) mass is 357 g/mol. The molecule has 1 saturated heterocycles. The predicted octanol–water partition coefficient (Wildman–Crippen LogP) is 3.17. The van der Waals surface area contributed by atoms with Crippen LogP contribution in [0.5, 0.6) is 0 Å². The van der Waals surface area contributed by atoms with Gasteiger partial charge in [0.2, 0.25) is 0 Å². The summed E-state index contributed by atoms with van der Waals surface area (Å²) in [6.45, 7) is 4.61. The van der Waals surface area contributed by atoms with Crippen LogP contribution >= 0.6 is 11.8 Å². The average Bonchev–Trinajstić information content (AvgIpc) is 3.03. The minimum Gasteiger partial charge on any atom is -0.383 e. The normalized spacial score (nSPS) is 16.3. The lowest BCUT2D eigenvalue weighted by atomic mass is 10.2. The Bertz CT molecular complexity index is 843. The fourth-order valence-electron chi connectivity index (χ4n) is 2.84. The zero-order chi connectivity index (χ0) is 18.0. The Morgan fingerprint density at radius 1 is 1.24 bits per heavy atom. The molecule has 0 unspecified atom stereocenters. The topological polar surface area (TPSA) is 64.4 Å². The van der Waals surface area contributed by atoms with Crippen molar-refractivity contribution in [3.63, 3.8) is 0 Å². The van der Waals surface area contributed by atoms with Crippen LogP contribution in [-0.4, -0.2) is 45.9 Å². The van der Waals surface area contributed by atoms with E-state index in [4.69, 9.17) is 4.74 Å². The standard InChI is InChI=1S/C18H19N3O3S/c1-12-10-14(13(2)21(12)15-4-6-19-7-5-15)11-16-17(22)20(8-9-24-3)18(23)25-16/h4-7,10-11H,8-9H2,1-3H3/b16-11+. The summed E-state index contributed by atoms with van der Waals surface area (Å²) in [6.07, 6.45) is 5.28. The quantitative estimate of drug-likeness (QED) is 0.769. The van der Waals surface area contributed by atoms with Crippen molar-refractivity contribution in [2.24, 2.45) is 0 Å². The Morgan fingerprint density at radius 3 is 2.64 bits per heavy atom. The van der Waals surface area contributed by atoms with E-state index in [0.29, 0.717) is 11.5 Å². The molecule has 1 aliphatic heterocycles. The summed E-state index contributed by atoms with van der Waals surface area (Å²) >= 11 is 0.970. The van der Waals surface area contributed by atoms with Crippen LogP contribution in [0.1, 0.15) is 17.0 Å². The first kappa shape index (κ1) is 17.4. The van der Waals surface area contributed by atoms with Crippen LogP contribution in [0.25, 0.3) is 11.8 Å². The Labute approximate surface area is 150 Å². The van der Waals surface area contributed by atoms with Crippen LogP contribution in [0.2, 0.25) is 0 Å². The zero-order valence-corrected chi connectivity index (χ0v) is 15.2. The molecule has 25 heavy (non-hydrogen) atoms. The van der Waals surface area contributed by atoms with Gasteiger partial charge in [-0.1, -0.05) is 0 Å². The minimum absolute atomic E-state index is 0.253. The second kappa shape index (κ2) is 7.25. The summed E-state index contributed by atoms with van der Waals surface area (Å²) in [5.74, 6) is -0.263. The number of aryl methyl sites for hydroxylation is 1. The molecule has 0 saturated carbocycles. The highest BCUT2D eigenvalue weighted by Crippen LogP contribution is 2.33. The number of nitrogens with zero attached hydrogens (tertiary/aromatic N) is 3. The molecule has 0 spiro atoms. The molecule has 3 heterocycles. The summed E-state index contributed by atoms with van der Waals surface area (Å²) in [5, 5.41) is -0.253. The highest BCUT2D eigenvalue weighted by molar-refractivity contribution is 8.18. The fraction of sp³-hybridized carbons (Fsp3) is 0.278. The number of aromatic nitrogens is 2. The van der Waals surface area contributed by atoms with Gasteiger partial charge in [-0.05, 0) is 55.4 Å². The van der Waals surface area contributed by atoms with Gasteiger partial charge in [-0.15, -0.1) is 0 Å². The van der Waals surface area contributed by atoms with Crippen LogP contribution < -0.4 is 0 Å². The molecule has 2 amide bonds. The molecule has 0 aliphatic carbocycles. The molecule has 0 radical (unpaired) electrons. The minimum atomic E-state index is -0.263. The van der Waals surface area contributed by atoms with Crippen LogP contribution in [0.4, 0.5) is 4.79 Å². The van der Waals surface area contributed by atoms with Crippen molar-refractivity contribution < 1.29 is 14.3 Å². The van der Waals surface area contributed by atoms with Gasteiger partial charge in [0.15, 0.2) is 0 Å². The van der Waals surface area contributed by atoms with Gasteiger partial charge in [-0.25, -0.2) is 0 Å². The summed E-state index contributed by atoms with van der Waals surface area (Å²) in [5.41, 5.74) is 3.99. The van der Waals surface area contributed by atoms with Crippen molar-refractivity contribution in [2.45, 2.75) is 13.8 Å². The van der Waals surface area contributed by atoms with E-state index in [1.807, 2.05) is 32.0 Å². The largest absolute Gasteiger partial charge is 0.383 e. The lowest BCUT2D eigenvalue weighted by molar-refractivity contribution is -0.123. The number of thioether (sulfide) groups is 1. The molecule has 0 aromatic carbocycles. The number of amides is 2. The third-order valence-corrected chi connectivity index (χ3v) is 4.98. The summed E-state index contributed by atoms with van der Waals surface area (Å²) < 4.78 is 7.06. The maximum atomic E-state index is 12.4. The lowest BCUT2D eigenvalue weighted by Gasteiger charge is -2.10. The lowest BCUT2D eigenvalue weighted by Crippen LogP contribution is -2.31. The third-order valence-electron chi connectivity index (χ3n) is 4.07. The molecule has 0 bridgehead atoms. The van der Waals surface area contributed by atoms with Gasteiger partial charge in [-0.2, -0.15) is 0 Å². The first-order chi connectivity index (χ1) is 12.0. The van der Waals surface area contributed by atoms with E-state index < -0.39 is 0 Å². The van der Waals surface area contributed by atoms with Crippen LogP contribution in [0.3, 0.4) is 0 Å². The summed E-state index contributed by atoms with van der Waals surface area (Å²) in [7, 11) is 1.54. The number of rotatable bonds is 5. The van der Waals surface area contributed by atoms with Gasteiger partial charge in [0.1, 0.15) is 0 Å². The Morgan fingerprint density at radius 2 is 1.96 bits per heavy atom. The van der Waals surface area contributed by atoms with Gasteiger partial charge in [0.25, 0.3) is 11.1 Å². The SMILES string of the molecule is COCCN1C(=O)S/C(=C/c2cc(C)n(-c3ccncc3)c2C)C1=O. The highest BCUT2D eigenvalue weighted by Gasteiger charge is 2.34. The highest BCUT2D eigenvalue weighted by atomic mass is 32.2. The molecule has 3 rings (SSSR count). The van der Waals surface area contributed by atoms with Crippen molar-refractivity contribution in [3.8, 4) is 5.69 Å². The molecule has 2 aromatic heterocycles. The summed E-state index contributed by atoms with van der Waals surface area (Å²) in [4.78, 5) is 30.2. The van der Waals surface area contributed by atoms with Gasteiger partial charge < -0.3 is 9.30 Å². The first-order valence-corrected chi connectivity index (χ1v) is 8.68. The van der Waals surface area contributed by atoms with Gasteiger partial charge in [0.05, 0.1) is 18.1 Å². The molecule has 2 aromatic rings. The molecule has 7 heteroatoms. The van der Waals surface area contributed by atoms with Crippen LogP contribution in [0.15, 0.2) is 35.5 Å². The number of hydrogen-bond donors (Lipinski definition) is 0. The van der Waals surface area contributed by atoms with Crippen molar-refractivity contribution in [1.29, 1.82) is 0 Å². The van der Waals surface area contributed by atoms with Gasteiger partial charge in [-0.3, -0.25) is 19.5 Å². The van der Waals surface area contributed by atoms with Crippen molar-refractivity contribution >= 4 is 29.0 Å². The molecule has 1 aliphatic rings. The van der Waals surface area contributed by atoms with E-state index in [1.165, 1.54) is 4.90 Å². The molecule has 1 fully saturated rings. The second-order valence-electron chi connectivity index (χ2n) is 5.69. The third kappa shape index (κ3) is 3.38. The van der Waals surface area contributed by atoms with Crippen molar-refractivity contribution in [1.82, 2.24) is 14.5 Å². The predicted molar refractivity (Wildman–Crippen MR) is 97.6 cm³/mol. The maximum Gasteiger partial charge on any atom is 0.293 e. The van der Waals surface area contributed by atoms with E-state index >= 15 is 0 Å². The van der Waals surface area contributed by atoms with Crippen LogP contribution in [-0.2, 0) is 9.53 Å². The zero-order valence-electron chi connectivity index (χ0n) is 14.4. The van der Waals surface area contributed by atoms with E-state index in [0.717, 1.165) is 34.4 Å². The molecule has 130 valence electrons. The molecule has 0 N–H and O–H groups in total. The van der Waals surface area contributed by atoms with E-state index in [-0.39, 0.29) is 17.7 Å². The maximum absolute atomic E-state index is 12.4. The molecule has 6 nitrogen and oxygen atoms in total. The first-order valence-electron chi connectivity index (χ1n) is 7.86. The van der Waals surface area contributed by atoms with E-state index in [2.05, 4.69) is 9.55 Å².